The summed E-state index contributed by atoms with van der Waals surface area (Å²) in [6.45, 7) is 2.13. The second-order valence-corrected chi connectivity index (χ2v) is 4.29. The van der Waals surface area contributed by atoms with Crippen molar-refractivity contribution in [2.24, 2.45) is 0 Å². The molecule has 1 aromatic carbocycles. The predicted molar refractivity (Wildman–Crippen MR) is 68.6 cm³/mol. The van der Waals surface area contributed by atoms with Crippen LogP contribution in [0.2, 0.25) is 0 Å². The first-order valence-corrected chi connectivity index (χ1v) is 6.07. The van der Waals surface area contributed by atoms with Crippen molar-refractivity contribution in [2.45, 2.75) is 32.6 Å². The van der Waals surface area contributed by atoms with Gasteiger partial charge in [0.2, 0.25) is 0 Å². The summed E-state index contributed by atoms with van der Waals surface area (Å²) >= 11 is 0. The highest BCUT2D eigenvalue weighted by atomic mass is 16.5. The van der Waals surface area contributed by atoms with Crippen LogP contribution in [0.15, 0.2) is 35.1 Å². The Hall–Kier alpha value is -1.77. The van der Waals surface area contributed by atoms with Gasteiger partial charge in [0.05, 0.1) is 11.2 Å². The van der Waals surface area contributed by atoms with Crippen molar-refractivity contribution in [3.63, 3.8) is 0 Å². The number of para-hydroxylation sites is 1. The molecule has 0 unspecified atom stereocenters. The molecule has 0 saturated carbocycles. The van der Waals surface area contributed by atoms with Gasteiger partial charge in [0.15, 0.2) is 5.43 Å². The predicted octanol–water partition coefficient (Wildman–Crippen LogP) is 2.97. The van der Waals surface area contributed by atoms with E-state index in [-0.39, 0.29) is 5.43 Å². The maximum atomic E-state index is 11.9. The third-order valence-corrected chi connectivity index (χ3v) is 3.00. The molecule has 3 nitrogen and oxygen atoms in total. The molecular formula is C14H17NO2. The number of aryl methyl sites for hydroxylation is 1. The molecule has 1 heterocycles. The second kappa shape index (κ2) is 5.04. The van der Waals surface area contributed by atoms with Crippen LogP contribution < -0.4 is 5.43 Å². The number of pyridine rings is 1. The van der Waals surface area contributed by atoms with Gasteiger partial charge in [-0.15, -0.1) is 0 Å². The van der Waals surface area contributed by atoms with Crippen LogP contribution in [-0.4, -0.2) is 9.94 Å². The smallest absolute Gasteiger partial charge is 0.189 e. The van der Waals surface area contributed by atoms with Gasteiger partial charge in [0, 0.05) is 11.5 Å². The van der Waals surface area contributed by atoms with Crippen LogP contribution in [0.25, 0.3) is 10.9 Å². The summed E-state index contributed by atoms with van der Waals surface area (Å²) in [5.74, 6) is 0. The second-order valence-electron chi connectivity index (χ2n) is 4.29. The zero-order valence-electron chi connectivity index (χ0n) is 10.0. The van der Waals surface area contributed by atoms with Gasteiger partial charge >= 0.3 is 0 Å². The standard InChI is InChI=1S/C14H17NO2/c1-2-3-4-7-11-10-14(16)12-8-5-6-9-13(12)15(11)17/h5-6,8-10,17H,2-4,7H2,1H3. The van der Waals surface area contributed by atoms with Gasteiger partial charge < -0.3 is 5.21 Å². The first kappa shape index (κ1) is 11.7. The number of fused-ring (bicyclic) bond motifs is 1. The average molecular weight is 231 g/mol. The SMILES string of the molecule is CCCCCc1cc(=O)c2ccccc2n1O. The normalized spacial score (nSPS) is 10.9. The quantitative estimate of drug-likeness (QED) is 0.649. The number of rotatable bonds is 4. The van der Waals surface area contributed by atoms with E-state index >= 15 is 0 Å². The number of unbranched alkanes of at least 4 members (excludes halogenated alkanes) is 2. The molecule has 0 radical (unpaired) electrons. The first-order valence-electron chi connectivity index (χ1n) is 6.07. The Balaban J connectivity index is 2.44. The molecule has 0 bridgehead atoms. The largest absolute Gasteiger partial charge is 0.428 e. The summed E-state index contributed by atoms with van der Waals surface area (Å²) in [5, 5.41) is 10.6. The van der Waals surface area contributed by atoms with Crippen LogP contribution in [0.1, 0.15) is 31.9 Å². The molecule has 0 amide bonds. The van der Waals surface area contributed by atoms with Crippen LogP contribution in [0.4, 0.5) is 0 Å². The van der Waals surface area contributed by atoms with Crippen molar-refractivity contribution in [1.82, 2.24) is 4.73 Å². The molecule has 3 heteroatoms. The van der Waals surface area contributed by atoms with Gasteiger partial charge in [-0.1, -0.05) is 31.9 Å². The van der Waals surface area contributed by atoms with Crippen molar-refractivity contribution >= 4 is 10.9 Å². The summed E-state index contributed by atoms with van der Waals surface area (Å²) in [5.41, 5.74) is 1.27. The minimum Gasteiger partial charge on any atom is -0.428 e. The lowest BCUT2D eigenvalue weighted by Crippen LogP contribution is -2.12. The highest BCUT2D eigenvalue weighted by Gasteiger charge is 2.07. The number of aromatic nitrogens is 1. The van der Waals surface area contributed by atoms with E-state index in [1.165, 1.54) is 6.07 Å². The maximum Gasteiger partial charge on any atom is 0.189 e. The van der Waals surface area contributed by atoms with Crippen LogP contribution in [0, 0.1) is 0 Å². The highest BCUT2D eigenvalue weighted by Crippen LogP contribution is 2.12. The molecule has 17 heavy (non-hydrogen) atoms. The summed E-state index contributed by atoms with van der Waals surface area (Å²) in [7, 11) is 0. The molecule has 1 aromatic heterocycles. The zero-order chi connectivity index (χ0) is 12.3. The van der Waals surface area contributed by atoms with E-state index in [0.717, 1.165) is 30.4 Å². The number of nitrogens with zero attached hydrogens (tertiary/aromatic N) is 1. The van der Waals surface area contributed by atoms with Gasteiger partial charge in [0.25, 0.3) is 0 Å². The Kier molecular flexibility index (Phi) is 3.47. The Morgan fingerprint density at radius 2 is 2.00 bits per heavy atom. The lowest BCUT2D eigenvalue weighted by Gasteiger charge is -2.09. The molecule has 2 aromatic rings. The lowest BCUT2D eigenvalue weighted by atomic mass is 10.1. The molecule has 90 valence electrons. The van der Waals surface area contributed by atoms with Gasteiger partial charge in [-0.3, -0.25) is 4.79 Å². The molecular weight excluding hydrogens is 214 g/mol. The Morgan fingerprint density at radius 1 is 1.24 bits per heavy atom. The van der Waals surface area contributed by atoms with Crippen molar-refractivity contribution in [2.75, 3.05) is 0 Å². The molecule has 0 spiro atoms. The summed E-state index contributed by atoms with van der Waals surface area (Å²) in [6.07, 6.45) is 3.98. The highest BCUT2D eigenvalue weighted by molar-refractivity contribution is 5.78. The van der Waals surface area contributed by atoms with Crippen molar-refractivity contribution in [1.29, 1.82) is 0 Å². The summed E-state index contributed by atoms with van der Waals surface area (Å²) in [6, 6.07) is 8.67. The molecule has 0 aliphatic rings. The van der Waals surface area contributed by atoms with Crippen molar-refractivity contribution in [3.05, 3.63) is 46.2 Å². The Morgan fingerprint density at radius 3 is 2.76 bits per heavy atom. The molecule has 0 atom stereocenters. The molecule has 0 fully saturated rings. The summed E-state index contributed by atoms with van der Waals surface area (Å²) < 4.78 is 1.15. The van der Waals surface area contributed by atoms with E-state index in [0.29, 0.717) is 16.6 Å². The van der Waals surface area contributed by atoms with Gasteiger partial charge in [-0.2, -0.15) is 4.73 Å². The third-order valence-electron chi connectivity index (χ3n) is 3.00. The van der Waals surface area contributed by atoms with Crippen LogP contribution in [-0.2, 0) is 6.42 Å². The molecule has 0 aliphatic heterocycles. The molecule has 0 aliphatic carbocycles. The number of benzene rings is 1. The van der Waals surface area contributed by atoms with E-state index < -0.39 is 0 Å². The van der Waals surface area contributed by atoms with E-state index in [4.69, 9.17) is 0 Å². The zero-order valence-corrected chi connectivity index (χ0v) is 10.0. The fourth-order valence-electron chi connectivity index (χ4n) is 2.05. The van der Waals surface area contributed by atoms with E-state index in [1.807, 2.05) is 6.07 Å². The minimum absolute atomic E-state index is 0.0163. The topological polar surface area (TPSA) is 42.2 Å². The van der Waals surface area contributed by atoms with Gasteiger partial charge in [0.1, 0.15) is 0 Å². The molecule has 1 N–H and O–H groups in total. The number of hydrogen-bond acceptors (Lipinski definition) is 2. The van der Waals surface area contributed by atoms with E-state index in [2.05, 4.69) is 6.92 Å². The van der Waals surface area contributed by atoms with Crippen LogP contribution in [0.3, 0.4) is 0 Å². The fourth-order valence-corrected chi connectivity index (χ4v) is 2.05. The fraction of sp³-hybridized carbons (Fsp3) is 0.357. The Bertz CT molecular complexity index is 572. The first-order chi connectivity index (χ1) is 8.24. The lowest BCUT2D eigenvalue weighted by molar-refractivity contribution is 0.187. The van der Waals surface area contributed by atoms with E-state index in [1.54, 1.807) is 18.2 Å². The van der Waals surface area contributed by atoms with Gasteiger partial charge in [-0.25, -0.2) is 0 Å². The maximum absolute atomic E-state index is 11.9. The van der Waals surface area contributed by atoms with Crippen LogP contribution >= 0.6 is 0 Å². The monoisotopic (exact) mass is 231 g/mol. The van der Waals surface area contributed by atoms with Crippen LogP contribution in [0.5, 0.6) is 0 Å². The Labute approximate surface area is 100 Å². The summed E-state index contributed by atoms with van der Waals surface area (Å²) in [4.78, 5) is 11.9. The molecule has 2 rings (SSSR count). The van der Waals surface area contributed by atoms with Gasteiger partial charge in [-0.05, 0) is 25.0 Å². The number of hydrogen-bond donors (Lipinski definition) is 1. The van der Waals surface area contributed by atoms with Crippen molar-refractivity contribution < 1.29 is 5.21 Å². The third kappa shape index (κ3) is 2.33. The van der Waals surface area contributed by atoms with Crippen molar-refractivity contribution in [3.8, 4) is 0 Å². The minimum atomic E-state index is -0.0163. The average Bonchev–Trinajstić information content (AvgIpc) is 2.36. The van der Waals surface area contributed by atoms with E-state index in [9.17, 15) is 10.0 Å². The molecule has 0 saturated heterocycles.